The van der Waals surface area contributed by atoms with Crippen molar-refractivity contribution in [3.8, 4) is 5.69 Å². The molecule has 4 aromatic carbocycles. The summed E-state index contributed by atoms with van der Waals surface area (Å²) in [5.41, 5.74) is 6.55. The molecule has 38 heavy (non-hydrogen) atoms. The van der Waals surface area contributed by atoms with Gasteiger partial charge in [-0.25, -0.2) is 9.07 Å². The van der Waals surface area contributed by atoms with Gasteiger partial charge in [-0.05, 0) is 71.5 Å². The maximum absolute atomic E-state index is 13.5. The van der Waals surface area contributed by atoms with Crippen LogP contribution in [0.25, 0.3) is 16.6 Å². The number of piperidine rings is 1. The monoisotopic (exact) mass is 503 g/mol. The molecule has 2 fully saturated rings. The second kappa shape index (κ2) is 8.90. The number of likely N-dealkylation sites (tertiary alicyclic amines) is 1. The number of aromatic nitrogens is 2. The lowest BCUT2D eigenvalue weighted by Gasteiger charge is -2.27. The number of nitrogens with zero attached hydrogens (tertiary/aromatic N) is 3. The lowest BCUT2D eigenvalue weighted by atomic mass is 9.86. The molecule has 1 aliphatic carbocycles. The van der Waals surface area contributed by atoms with Crippen LogP contribution in [0.5, 0.6) is 0 Å². The van der Waals surface area contributed by atoms with Gasteiger partial charge in [-0.2, -0.15) is 5.10 Å². The molecular weight excluding hydrogens is 473 g/mol. The highest BCUT2D eigenvalue weighted by atomic mass is 19.1. The Morgan fingerprint density at radius 3 is 2.42 bits per heavy atom. The summed E-state index contributed by atoms with van der Waals surface area (Å²) in [4.78, 5) is 2.54. The first-order valence-corrected chi connectivity index (χ1v) is 13.3. The van der Waals surface area contributed by atoms with Crippen LogP contribution in [0.15, 0.2) is 103 Å². The van der Waals surface area contributed by atoms with Gasteiger partial charge in [0.1, 0.15) is 5.82 Å². The molecule has 2 heterocycles. The zero-order chi connectivity index (χ0) is 25.9. The van der Waals surface area contributed by atoms with Crippen LogP contribution in [0.2, 0.25) is 0 Å². The first-order valence-electron chi connectivity index (χ1n) is 13.3. The summed E-state index contributed by atoms with van der Waals surface area (Å²) < 4.78 is 15.4. The van der Waals surface area contributed by atoms with Gasteiger partial charge in [0.2, 0.25) is 0 Å². The Morgan fingerprint density at radius 1 is 0.974 bits per heavy atom. The Hall–Kier alpha value is -3.80. The average Bonchev–Trinajstić information content (AvgIpc) is 3.20. The van der Waals surface area contributed by atoms with E-state index in [4.69, 9.17) is 0 Å². The van der Waals surface area contributed by atoms with Crippen molar-refractivity contribution in [2.45, 2.75) is 25.0 Å². The fourth-order valence-electron chi connectivity index (χ4n) is 7.02. The maximum atomic E-state index is 13.5. The highest BCUT2D eigenvalue weighted by Crippen LogP contribution is 2.69. The molecule has 4 atom stereocenters. The smallest absolute Gasteiger partial charge is 0.123 e. The van der Waals surface area contributed by atoms with E-state index < -0.39 is 6.10 Å². The van der Waals surface area contributed by atoms with Crippen molar-refractivity contribution in [2.75, 3.05) is 13.1 Å². The second-order valence-electron chi connectivity index (χ2n) is 10.9. The lowest BCUT2D eigenvalue weighted by molar-refractivity contribution is 0.119. The molecule has 1 aromatic heterocycles. The fraction of sp³-hybridized carbons (Fsp3) is 0.242. The maximum Gasteiger partial charge on any atom is 0.123 e. The molecule has 1 aliphatic heterocycles. The molecule has 2 aliphatic rings. The molecular formula is C33H30FN3O. The van der Waals surface area contributed by atoms with Crippen LogP contribution < -0.4 is 0 Å². The molecule has 5 heteroatoms. The van der Waals surface area contributed by atoms with Crippen LogP contribution in [0.1, 0.15) is 28.4 Å². The molecule has 5 aromatic rings. The standard InChI is InChI=1S/C33H30FN3O/c1-22-16-30-25(18-35-37(30)27-14-12-26(34)13-15-27)17-28(22)33-21-36(19-23-8-4-2-5-9-23)20-29(33)31(33)32(38)24-10-6-3-7-11-24/h2-18,29,31-32,38H,19-21H2,1H3/t29-,31+,32-,33+/m1/s1. The van der Waals surface area contributed by atoms with Gasteiger partial charge in [0, 0.05) is 36.4 Å². The van der Waals surface area contributed by atoms with E-state index in [2.05, 4.69) is 59.4 Å². The summed E-state index contributed by atoms with van der Waals surface area (Å²) in [7, 11) is 0. The molecule has 190 valence electrons. The summed E-state index contributed by atoms with van der Waals surface area (Å²) >= 11 is 0. The van der Waals surface area contributed by atoms with E-state index in [9.17, 15) is 9.50 Å². The van der Waals surface area contributed by atoms with Crippen molar-refractivity contribution in [3.05, 3.63) is 131 Å². The van der Waals surface area contributed by atoms with Crippen LogP contribution in [0.4, 0.5) is 4.39 Å². The van der Waals surface area contributed by atoms with E-state index in [1.54, 1.807) is 12.1 Å². The highest BCUT2D eigenvalue weighted by Gasteiger charge is 2.71. The molecule has 1 saturated heterocycles. The average molecular weight is 504 g/mol. The molecule has 0 unspecified atom stereocenters. The number of fused-ring (bicyclic) bond motifs is 2. The first kappa shape index (κ1) is 23.3. The Morgan fingerprint density at radius 2 is 1.68 bits per heavy atom. The van der Waals surface area contributed by atoms with Gasteiger partial charge in [-0.3, -0.25) is 4.90 Å². The molecule has 4 nitrogen and oxygen atoms in total. The van der Waals surface area contributed by atoms with Crippen molar-refractivity contribution in [1.29, 1.82) is 0 Å². The predicted octanol–water partition coefficient (Wildman–Crippen LogP) is 6.21. The molecule has 0 spiro atoms. The fourth-order valence-corrected chi connectivity index (χ4v) is 7.02. The zero-order valence-corrected chi connectivity index (χ0v) is 21.3. The van der Waals surface area contributed by atoms with Gasteiger partial charge >= 0.3 is 0 Å². The van der Waals surface area contributed by atoms with E-state index in [-0.39, 0.29) is 17.2 Å². The Bertz CT molecular complexity index is 1600. The van der Waals surface area contributed by atoms with Gasteiger partial charge in [0.05, 0.1) is 23.5 Å². The molecule has 0 radical (unpaired) electrons. The van der Waals surface area contributed by atoms with E-state index in [1.807, 2.05) is 41.2 Å². The van der Waals surface area contributed by atoms with Gasteiger partial charge in [0.25, 0.3) is 0 Å². The van der Waals surface area contributed by atoms with Crippen molar-refractivity contribution in [3.63, 3.8) is 0 Å². The number of aliphatic hydroxyl groups excluding tert-OH is 1. The highest BCUT2D eigenvalue weighted by molar-refractivity contribution is 5.83. The SMILES string of the molecule is Cc1cc2c(cnn2-c2ccc(F)cc2)cc1[C@@]12CN(Cc3ccccc3)C[C@@H]1[C@H]2[C@H](O)c1ccccc1. The Labute approximate surface area is 222 Å². The summed E-state index contributed by atoms with van der Waals surface area (Å²) in [6.07, 6.45) is 1.40. The summed E-state index contributed by atoms with van der Waals surface area (Å²) in [6, 6.07) is 31.7. The number of hydrogen-bond acceptors (Lipinski definition) is 3. The van der Waals surface area contributed by atoms with E-state index in [1.165, 1.54) is 28.8 Å². The van der Waals surface area contributed by atoms with Crippen LogP contribution in [0, 0.1) is 24.6 Å². The normalized spacial score (nSPS) is 23.4. The lowest BCUT2D eigenvalue weighted by Crippen LogP contribution is -2.31. The minimum absolute atomic E-state index is 0.111. The van der Waals surface area contributed by atoms with Crippen molar-refractivity contribution in [2.24, 2.45) is 11.8 Å². The van der Waals surface area contributed by atoms with E-state index in [0.717, 1.165) is 41.8 Å². The third-order valence-electron chi connectivity index (χ3n) is 8.74. The number of aryl methyl sites for hydroxylation is 1. The Balaban J connectivity index is 1.28. The van der Waals surface area contributed by atoms with Gasteiger partial charge in [0.15, 0.2) is 0 Å². The molecule has 7 rings (SSSR count). The third-order valence-corrected chi connectivity index (χ3v) is 8.74. The number of benzene rings is 4. The van der Waals surface area contributed by atoms with Crippen LogP contribution in [-0.4, -0.2) is 32.9 Å². The number of hydrogen-bond donors (Lipinski definition) is 1. The molecule has 1 saturated carbocycles. The second-order valence-corrected chi connectivity index (χ2v) is 10.9. The predicted molar refractivity (Wildman–Crippen MR) is 148 cm³/mol. The summed E-state index contributed by atoms with van der Waals surface area (Å²) in [5.74, 6) is 0.289. The quantitative estimate of drug-likeness (QED) is 0.300. The molecule has 1 N–H and O–H groups in total. The summed E-state index contributed by atoms with van der Waals surface area (Å²) in [5, 5.41) is 17.3. The minimum atomic E-state index is -0.503. The Kier molecular flexibility index (Phi) is 5.46. The van der Waals surface area contributed by atoms with E-state index >= 15 is 0 Å². The molecule has 0 bridgehead atoms. The van der Waals surface area contributed by atoms with Gasteiger partial charge < -0.3 is 5.11 Å². The number of rotatable bonds is 6. The van der Waals surface area contributed by atoms with Crippen molar-refractivity contribution >= 4 is 10.9 Å². The largest absolute Gasteiger partial charge is 0.388 e. The van der Waals surface area contributed by atoms with E-state index in [0.29, 0.717) is 5.92 Å². The zero-order valence-electron chi connectivity index (χ0n) is 21.3. The topological polar surface area (TPSA) is 41.3 Å². The van der Waals surface area contributed by atoms with Crippen molar-refractivity contribution in [1.82, 2.24) is 14.7 Å². The third kappa shape index (κ3) is 3.69. The van der Waals surface area contributed by atoms with Crippen LogP contribution in [0.3, 0.4) is 0 Å². The van der Waals surface area contributed by atoms with Crippen LogP contribution >= 0.6 is 0 Å². The number of aliphatic hydroxyl groups is 1. The minimum Gasteiger partial charge on any atom is -0.388 e. The van der Waals surface area contributed by atoms with Gasteiger partial charge in [-0.1, -0.05) is 60.7 Å². The van der Waals surface area contributed by atoms with Crippen LogP contribution in [-0.2, 0) is 12.0 Å². The number of halogens is 1. The first-order chi connectivity index (χ1) is 18.5. The summed E-state index contributed by atoms with van der Waals surface area (Å²) in [6.45, 7) is 4.97. The molecule has 0 amide bonds. The van der Waals surface area contributed by atoms with Crippen molar-refractivity contribution < 1.29 is 9.50 Å². The van der Waals surface area contributed by atoms with Gasteiger partial charge in [-0.15, -0.1) is 0 Å².